The van der Waals surface area contributed by atoms with Gasteiger partial charge in [0.15, 0.2) is 0 Å². The van der Waals surface area contributed by atoms with Crippen molar-refractivity contribution < 1.29 is 14.6 Å². The first-order valence-electron chi connectivity index (χ1n) is 12.6. The zero-order chi connectivity index (χ0) is 26.0. The maximum atomic E-state index is 12.3. The summed E-state index contributed by atoms with van der Waals surface area (Å²) >= 11 is 0. The Hall–Kier alpha value is -3.01. The normalized spacial score (nSPS) is 17.2. The van der Waals surface area contributed by atoms with Gasteiger partial charge >= 0.3 is 5.97 Å². The van der Waals surface area contributed by atoms with Gasteiger partial charge in [0.2, 0.25) is 0 Å². The first-order chi connectivity index (χ1) is 17.1. The largest absolute Gasteiger partial charge is 0.480 e. The molecule has 0 spiro atoms. The van der Waals surface area contributed by atoms with E-state index >= 15 is 0 Å². The molecule has 0 saturated carbocycles. The van der Waals surface area contributed by atoms with Crippen molar-refractivity contribution in [1.82, 2.24) is 24.3 Å². The number of carbonyl (C=O) groups is 1. The Morgan fingerprint density at radius 1 is 1.27 bits per heavy atom. The molecule has 1 saturated heterocycles. The van der Waals surface area contributed by atoms with E-state index in [1.807, 2.05) is 51.2 Å². The summed E-state index contributed by atoms with van der Waals surface area (Å²) in [7, 11) is 3.85. The number of likely N-dealkylation sites (N-methyl/N-ethyl adjacent to an activating group) is 1. The van der Waals surface area contributed by atoms with Crippen LogP contribution in [0.1, 0.15) is 38.8 Å². The van der Waals surface area contributed by atoms with Crippen LogP contribution in [0.2, 0.25) is 0 Å². The fraction of sp³-hybridized carbons (Fsp3) is 0.536. The van der Waals surface area contributed by atoms with Gasteiger partial charge < -0.3 is 29.2 Å². The van der Waals surface area contributed by atoms with E-state index in [1.165, 1.54) is 0 Å². The SMILES string of the molecule is C.Cc1cc(-c2nc3cc(CN[C@@H](CC(C)C)C(=O)O)ccc3n2CC2CN(C)CCO2)cn(C)c1=O. The van der Waals surface area contributed by atoms with Crippen molar-refractivity contribution in [3.8, 4) is 11.4 Å². The van der Waals surface area contributed by atoms with Crippen molar-refractivity contribution in [2.24, 2.45) is 13.0 Å². The average Bonchev–Trinajstić information content (AvgIpc) is 3.17. The fourth-order valence-corrected chi connectivity index (χ4v) is 4.86. The Kier molecular flexibility index (Phi) is 9.28. The van der Waals surface area contributed by atoms with Crippen molar-refractivity contribution in [2.75, 3.05) is 26.7 Å². The Balaban J connectivity index is 0.00000380. The molecule has 37 heavy (non-hydrogen) atoms. The van der Waals surface area contributed by atoms with Crippen molar-refractivity contribution in [3.63, 3.8) is 0 Å². The molecule has 0 aliphatic carbocycles. The molecule has 3 heterocycles. The first-order valence-corrected chi connectivity index (χ1v) is 12.6. The van der Waals surface area contributed by atoms with Crippen LogP contribution in [-0.4, -0.2) is 69.0 Å². The number of rotatable bonds is 9. The maximum Gasteiger partial charge on any atom is 0.320 e. The van der Waals surface area contributed by atoms with Crippen LogP contribution in [0, 0.1) is 12.8 Å². The van der Waals surface area contributed by atoms with Gasteiger partial charge in [-0.1, -0.05) is 27.3 Å². The van der Waals surface area contributed by atoms with E-state index in [2.05, 4.69) is 21.8 Å². The third kappa shape index (κ3) is 6.66. The standard InChI is InChI=1S/C27H37N5O4.CH4/c1-17(2)10-23(27(34)35)28-13-19-6-7-24-22(12-19)29-25(20-11-18(3)26(33)31(5)14-20)32(24)16-21-15-30(4)8-9-36-21;/h6-7,11-12,14,17,21,23,28H,8-10,13,15-16H2,1-5H3,(H,34,35);1H4/t21?,23-;/m0./s1. The smallest absolute Gasteiger partial charge is 0.320 e. The van der Waals surface area contributed by atoms with Crippen molar-refractivity contribution in [2.45, 2.75) is 59.9 Å². The van der Waals surface area contributed by atoms with Gasteiger partial charge in [-0.25, -0.2) is 4.98 Å². The predicted molar refractivity (Wildman–Crippen MR) is 147 cm³/mol. The summed E-state index contributed by atoms with van der Waals surface area (Å²) in [6.07, 6.45) is 2.42. The summed E-state index contributed by atoms with van der Waals surface area (Å²) in [5.41, 5.74) is 4.29. The summed E-state index contributed by atoms with van der Waals surface area (Å²) in [6, 6.07) is 7.37. The molecular formula is C28H41N5O4. The number of aromatic nitrogens is 3. The van der Waals surface area contributed by atoms with Crippen molar-refractivity contribution in [3.05, 3.63) is 51.9 Å². The molecule has 0 bridgehead atoms. The molecule has 1 aliphatic heterocycles. The molecule has 2 aromatic heterocycles. The van der Waals surface area contributed by atoms with Gasteiger partial charge in [-0.05, 0) is 50.1 Å². The number of aryl methyl sites for hydroxylation is 2. The van der Waals surface area contributed by atoms with Gasteiger partial charge in [0.1, 0.15) is 11.9 Å². The van der Waals surface area contributed by atoms with Crippen LogP contribution in [-0.2, 0) is 29.7 Å². The average molecular weight is 512 g/mol. The highest BCUT2D eigenvalue weighted by atomic mass is 16.5. The number of pyridine rings is 1. The van der Waals surface area contributed by atoms with Crippen molar-refractivity contribution >= 4 is 17.0 Å². The molecule has 9 heteroatoms. The highest BCUT2D eigenvalue weighted by Crippen LogP contribution is 2.27. The zero-order valence-electron chi connectivity index (χ0n) is 21.8. The van der Waals surface area contributed by atoms with E-state index in [0.29, 0.717) is 31.7 Å². The number of carboxylic acids is 1. The number of hydrogen-bond acceptors (Lipinski definition) is 6. The first kappa shape index (κ1) is 28.6. The van der Waals surface area contributed by atoms with Gasteiger partial charge in [-0.3, -0.25) is 9.59 Å². The fourth-order valence-electron chi connectivity index (χ4n) is 4.86. The number of ether oxygens (including phenoxy) is 1. The number of benzene rings is 1. The monoisotopic (exact) mass is 511 g/mol. The van der Waals surface area contributed by atoms with E-state index in [9.17, 15) is 14.7 Å². The van der Waals surface area contributed by atoms with Gasteiger partial charge in [0.05, 0.1) is 30.3 Å². The number of fused-ring (bicyclic) bond motifs is 1. The molecule has 0 radical (unpaired) electrons. The summed E-state index contributed by atoms with van der Waals surface area (Å²) in [4.78, 5) is 31.2. The van der Waals surface area contributed by atoms with Crippen LogP contribution in [0.25, 0.3) is 22.4 Å². The van der Waals surface area contributed by atoms with E-state index in [-0.39, 0.29) is 25.0 Å². The topological polar surface area (TPSA) is 102 Å². The second-order valence-electron chi connectivity index (χ2n) is 10.4. The number of aliphatic carboxylic acids is 1. The second-order valence-corrected chi connectivity index (χ2v) is 10.4. The lowest BCUT2D eigenvalue weighted by molar-refractivity contribution is -0.140. The molecule has 2 atom stereocenters. The molecule has 1 aromatic carbocycles. The van der Waals surface area contributed by atoms with E-state index < -0.39 is 12.0 Å². The number of nitrogens with zero attached hydrogens (tertiary/aromatic N) is 4. The minimum absolute atomic E-state index is 0. The van der Waals surface area contributed by atoms with E-state index in [4.69, 9.17) is 9.72 Å². The van der Waals surface area contributed by atoms with E-state index in [0.717, 1.165) is 41.1 Å². The highest BCUT2D eigenvalue weighted by Gasteiger charge is 2.23. The van der Waals surface area contributed by atoms with Crippen LogP contribution < -0.4 is 10.9 Å². The van der Waals surface area contributed by atoms with Gasteiger partial charge in [0, 0.05) is 44.0 Å². The minimum atomic E-state index is -0.834. The molecule has 202 valence electrons. The molecule has 4 rings (SSSR count). The number of imidazole rings is 1. The highest BCUT2D eigenvalue weighted by molar-refractivity contribution is 5.81. The lowest BCUT2D eigenvalue weighted by Gasteiger charge is -2.30. The van der Waals surface area contributed by atoms with Gasteiger partial charge in [0.25, 0.3) is 5.56 Å². The van der Waals surface area contributed by atoms with Crippen LogP contribution >= 0.6 is 0 Å². The number of carboxylic acid groups (broad SMARTS) is 1. The molecule has 1 aliphatic rings. The van der Waals surface area contributed by atoms with Crippen molar-refractivity contribution in [1.29, 1.82) is 0 Å². The molecule has 1 unspecified atom stereocenters. The van der Waals surface area contributed by atoms with Crippen LogP contribution in [0.5, 0.6) is 0 Å². The lowest BCUT2D eigenvalue weighted by Crippen LogP contribution is -2.42. The zero-order valence-corrected chi connectivity index (χ0v) is 21.8. The molecule has 0 amide bonds. The summed E-state index contributed by atoms with van der Waals surface area (Å²) < 4.78 is 9.83. The predicted octanol–water partition coefficient (Wildman–Crippen LogP) is 3.27. The van der Waals surface area contributed by atoms with Gasteiger partial charge in [-0.2, -0.15) is 0 Å². The third-order valence-corrected chi connectivity index (χ3v) is 6.72. The van der Waals surface area contributed by atoms with Crippen LogP contribution in [0.15, 0.2) is 35.3 Å². The molecule has 2 N–H and O–H groups in total. The quantitative estimate of drug-likeness (QED) is 0.455. The second kappa shape index (κ2) is 12.0. The third-order valence-electron chi connectivity index (χ3n) is 6.72. The van der Waals surface area contributed by atoms with Crippen LogP contribution in [0.4, 0.5) is 0 Å². The van der Waals surface area contributed by atoms with E-state index in [1.54, 1.807) is 11.6 Å². The maximum absolute atomic E-state index is 12.3. The van der Waals surface area contributed by atoms with Gasteiger partial charge in [-0.15, -0.1) is 0 Å². The summed E-state index contributed by atoms with van der Waals surface area (Å²) in [6.45, 7) is 9.39. The molecular weight excluding hydrogens is 470 g/mol. The summed E-state index contributed by atoms with van der Waals surface area (Å²) in [5.74, 6) is 0.235. The number of hydrogen-bond donors (Lipinski definition) is 2. The number of morpholine rings is 1. The van der Waals surface area contributed by atoms with Crippen LogP contribution in [0.3, 0.4) is 0 Å². The molecule has 1 fully saturated rings. The minimum Gasteiger partial charge on any atom is -0.480 e. The Morgan fingerprint density at radius 2 is 2.03 bits per heavy atom. The lowest BCUT2D eigenvalue weighted by atomic mass is 10.0. The number of nitrogens with one attached hydrogen (secondary N) is 1. The Bertz CT molecular complexity index is 1270. The Labute approximate surface area is 219 Å². The Morgan fingerprint density at radius 3 is 2.68 bits per heavy atom. The summed E-state index contributed by atoms with van der Waals surface area (Å²) in [5, 5.41) is 12.7. The molecule has 9 nitrogen and oxygen atoms in total. The molecule has 3 aromatic rings.